The second kappa shape index (κ2) is 16.9. The minimum atomic E-state index is -1.13. The number of aliphatic hydroxyl groups is 1. The van der Waals surface area contributed by atoms with Gasteiger partial charge in [-0.15, -0.1) is 21.5 Å². The molecule has 3 heterocycles. The van der Waals surface area contributed by atoms with Gasteiger partial charge in [0.25, 0.3) is 0 Å². The zero-order valence-electron chi connectivity index (χ0n) is 26.6. The Labute approximate surface area is 285 Å². The quantitative estimate of drug-likeness (QED) is 0.0683. The number of rotatable bonds is 16. The summed E-state index contributed by atoms with van der Waals surface area (Å²) in [4.78, 5) is 23.2. The van der Waals surface area contributed by atoms with Crippen LogP contribution in [0.15, 0.2) is 48.5 Å². The molecule has 0 aliphatic carbocycles. The summed E-state index contributed by atoms with van der Waals surface area (Å²) in [6.07, 6.45) is 3.58. The first-order valence-corrected chi connectivity index (χ1v) is 17.1. The minimum absolute atomic E-state index is 0.0330. The lowest BCUT2D eigenvalue weighted by molar-refractivity contribution is 0.0690. The van der Waals surface area contributed by atoms with Crippen molar-refractivity contribution in [2.45, 2.75) is 39.0 Å². The number of para-hydroxylation sites is 1. The largest absolute Gasteiger partial charge is 0.491 e. The zero-order valence-corrected chi connectivity index (χ0v) is 28.3. The number of aliphatic hydroxyl groups excluding tert-OH is 1. The summed E-state index contributed by atoms with van der Waals surface area (Å²) in [7, 11) is 1.76. The van der Waals surface area contributed by atoms with Gasteiger partial charge in [0.1, 0.15) is 0 Å². The summed E-state index contributed by atoms with van der Waals surface area (Å²) in [5.41, 5.74) is 2.26. The molecule has 3 aromatic heterocycles. The van der Waals surface area contributed by atoms with E-state index in [1.807, 2.05) is 37.3 Å². The molecular formula is C34H36FN7O4S2. The summed E-state index contributed by atoms with van der Waals surface area (Å²) in [5.74, 6) is 5.47. The van der Waals surface area contributed by atoms with Crippen molar-refractivity contribution in [3.8, 4) is 17.6 Å². The number of halogens is 1. The molecule has 0 spiro atoms. The Balaban J connectivity index is 1.14. The van der Waals surface area contributed by atoms with E-state index in [-0.39, 0.29) is 24.7 Å². The van der Waals surface area contributed by atoms with E-state index >= 15 is 0 Å². The Morgan fingerprint density at radius 2 is 1.92 bits per heavy atom. The van der Waals surface area contributed by atoms with Crippen molar-refractivity contribution in [1.82, 2.24) is 25.5 Å². The first-order valence-electron chi connectivity index (χ1n) is 15.5. The molecule has 2 aromatic carbocycles. The fraction of sp³-hybridized carbons (Fsp3) is 0.324. The van der Waals surface area contributed by atoms with Gasteiger partial charge in [-0.05, 0) is 87.5 Å². The van der Waals surface area contributed by atoms with Crippen LogP contribution in [0.5, 0.6) is 5.75 Å². The van der Waals surface area contributed by atoms with Gasteiger partial charge in [0.15, 0.2) is 39.2 Å². The average Bonchev–Trinajstić information content (AvgIpc) is 3.70. The lowest BCUT2D eigenvalue weighted by Gasteiger charge is -2.15. The van der Waals surface area contributed by atoms with E-state index in [0.29, 0.717) is 51.7 Å². The van der Waals surface area contributed by atoms with Gasteiger partial charge in [-0.25, -0.2) is 19.2 Å². The molecule has 5 aromatic rings. The molecule has 0 amide bonds. The van der Waals surface area contributed by atoms with Crippen LogP contribution in [0.1, 0.15) is 52.2 Å². The van der Waals surface area contributed by atoms with Crippen molar-refractivity contribution in [1.29, 1.82) is 0 Å². The normalized spacial score (nSPS) is 10.9. The number of thiazole rings is 2. The smallest absolute Gasteiger partial charge is 0.355 e. The van der Waals surface area contributed by atoms with Gasteiger partial charge in [0.2, 0.25) is 0 Å². The zero-order chi connectivity index (χ0) is 33.9. The van der Waals surface area contributed by atoms with E-state index in [4.69, 9.17) is 9.84 Å². The number of aromatic nitrogens is 4. The highest BCUT2D eigenvalue weighted by molar-refractivity contribution is 7.22. The SMILES string of the molecule is Cc1cc(N(C)c2nc(C(=O)O)c(CCCOc3ccc(C#CCNCCCCCO)cc3F)s2)nnc1Nc1nc2ccccc2s1. The number of aryl methyl sites for hydroxylation is 2. The van der Waals surface area contributed by atoms with Gasteiger partial charge < -0.3 is 30.5 Å². The Morgan fingerprint density at radius 3 is 2.69 bits per heavy atom. The van der Waals surface area contributed by atoms with E-state index < -0.39 is 11.8 Å². The molecule has 0 saturated carbocycles. The number of benzene rings is 2. The van der Waals surface area contributed by atoms with E-state index in [1.165, 1.54) is 28.7 Å². The standard InChI is InChI=1S/C34H36FN7O4S2/c1-22-20-29(40-41-31(22)39-33-37-25-11-4-5-12-27(25)47-33)42(2)34-38-30(32(44)45)28(48-34)13-9-19-46-26-15-14-23(21-24(26)35)10-8-17-36-16-6-3-7-18-43/h4-5,11-12,14-15,20-21,36,43H,3,6-7,9,13,16-19H2,1-2H3,(H,44,45)(H,37,39,41). The maximum absolute atomic E-state index is 14.6. The fourth-order valence-electron chi connectivity index (χ4n) is 4.65. The molecule has 250 valence electrons. The number of hydrogen-bond acceptors (Lipinski definition) is 12. The second-order valence-electron chi connectivity index (χ2n) is 10.8. The van der Waals surface area contributed by atoms with Crippen LogP contribution in [0.25, 0.3) is 10.2 Å². The first-order chi connectivity index (χ1) is 23.3. The molecule has 0 unspecified atom stereocenters. The highest BCUT2D eigenvalue weighted by Gasteiger charge is 2.21. The maximum atomic E-state index is 14.6. The van der Waals surface area contributed by atoms with Gasteiger partial charge in [-0.1, -0.05) is 35.3 Å². The van der Waals surface area contributed by atoms with E-state index in [2.05, 4.69) is 42.6 Å². The topological polar surface area (TPSA) is 146 Å². The lowest BCUT2D eigenvalue weighted by Crippen LogP contribution is -2.15. The number of fused-ring (bicyclic) bond motifs is 1. The van der Waals surface area contributed by atoms with Crippen molar-refractivity contribution in [3.63, 3.8) is 0 Å². The molecule has 0 radical (unpaired) electrons. The highest BCUT2D eigenvalue weighted by Crippen LogP contribution is 2.33. The molecule has 48 heavy (non-hydrogen) atoms. The number of carbonyl (C=O) groups is 1. The van der Waals surface area contributed by atoms with E-state index in [0.717, 1.165) is 41.6 Å². The Hall–Kier alpha value is -4.68. The molecule has 0 bridgehead atoms. The molecule has 11 nitrogen and oxygen atoms in total. The number of carboxylic acid groups (broad SMARTS) is 1. The van der Waals surface area contributed by atoms with Crippen LogP contribution in [-0.4, -0.2) is 69.7 Å². The Morgan fingerprint density at radius 1 is 1.06 bits per heavy atom. The summed E-state index contributed by atoms with van der Waals surface area (Å²) in [6, 6.07) is 14.3. The maximum Gasteiger partial charge on any atom is 0.355 e. The van der Waals surface area contributed by atoms with Crippen LogP contribution >= 0.6 is 22.7 Å². The van der Waals surface area contributed by atoms with Gasteiger partial charge in [0, 0.05) is 24.1 Å². The number of anilines is 4. The first kappa shape index (κ1) is 34.6. The van der Waals surface area contributed by atoms with Gasteiger partial charge in [-0.3, -0.25) is 0 Å². The lowest BCUT2D eigenvalue weighted by atomic mass is 10.2. The van der Waals surface area contributed by atoms with E-state index in [9.17, 15) is 14.3 Å². The van der Waals surface area contributed by atoms with Gasteiger partial charge in [-0.2, -0.15) is 0 Å². The molecule has 14 heteroatoms. The summed E-state index contributed by atoms with van der Waals surface area (Å²) in [6.45, 7) is 3.62. The molecule has 0 aliphatic heterocycles. The molecule has 0 saturated heterocycles. The number of hydrogen-bond donors (Lipinski definition) is 4. The van der Waals surface area contributed by atoms with Crippen LogP contribution in [0.2, 0.25) is 0 Å². The average molecular weight is 690 g/mol. The monoisotopic (exact) mass is 689 g/mol. The number of carboxylic acids is 1. The number of nitrogens with zero attached hydrogens (tertiary/aromatic N) is 5. The van der Waals surface area contributed by atoms with Crippen LogP contribution in [0.3, 0.4) is 0 Å². The molecule has 0 aliphatic rings. The number of nitrogens with one attached hydrogen (secondary N) is 2. The fourth-order valence-corrected chi connectivity index (χ4v) is 6.58. The third kappa shape index (κ3) is 9.23. The molecule has 0 fully saturated rings. The predicted molar refractivity (Wildman–Crippen MR) is 188 cm³/mol. The number of aromatic carboxylic acids is 1. The minimum Gasteiger partial charge on any atom is -0.491 e. The van der Waals surface area contributed by atoms with Crippen molar-refractivity contribution in [2.24, 2.45) is 0 Å². The van der Waals surface area contributed by atoms with Crippen LogP contribution in [-0.2, 0) is 6.42 Å². The molecule has 4 N–H and O–H groups in total. The molecule has 0 atom stereocenters. The summed E-state index contributed by atoms with van der Waals surface area (Å²) >= 11 is 2.78. The highest BCUT2D eigenvalue weighted by atomic mass is 32.1. The van der Waals surface area contributed by atoms with E-state index in [1.54, 1.807) is 24.1 Å². The molecule has 5 rings (SSSR count). The van der Waals surface area contributed by atoms with Crippen molar-refractivity contribution >= 4 is 60.8 Å². The van der Waals surface area contributed by atoms with Crippen molar-refractivity contribution < 1.29 is 24.1 Å². The summed E-state index contributed by atoms with van der Waals surface area (Å²) < 4.78 is 21.4. The third-order valence-corrected chi connectivity index (χ3v) is 9.35. The van der Waals surface area contributed by atoms with Gasteiger partial charge in [0.05, 0.1) is 23.4 Å². The number of ether oxygens (including phenoxy) is 1. The second-order valence-corrected chi connectivity index (χ2v) is 12.9. The third-order valence-electron chi connectivity index (χ3n) is 7.21. The van der Waals surface area contributed by atoms with Crippen molar-refractivity contribution in [3.05, 3.63) is 76.0 Å². The predicted octanol–water partition coefficient (Wildman–Crippen LogP) is 6.32. The van der Waals surface area contributed by atoms with Crippen LogP contribution in [0, 0.1) is 24.6 Å². The van der Waals surface area contributed by atoms with Crippen molar-refractivity contribution in [2.75, 3.05) is 43.6 Å². The van der Waals surface area contributed by atoms with Gasteiger partial charge >= 0.3 is 5.97 Å². The summed E-state index contributed by atoms with van der Waals surface area (Å²) in [5, 5.41) is 34.9. The number of unbranched alkanes of at least 4 members (excludes halogenated alkanes) is 2. The molecular weight excluding hydrogens is 654 g/mol. The van der Waals surface area contributed by atoms with Crippen LogP contribution in [0.4, 0.5) is 26.3 Å². The van der Waals surface area contributed by atoms with Crippen LogP contribution < -0.4 is 20.3 Å². The Kier molecular flexibility index (Phi) is 12.2. The Bertz CT molecular complexity index is 1890.